The maximum atomic E-state index is 11.4. The second-order valence-electron chi connectivity index (χ2n) is 5.08. The van der Waals surface area contributed by atoms with Crippen molar-refractivity contribution in [3.05, 3.63) is 53.1 Å². The highest BCUT2D eigenvalue weighted by molar-refractivity contribution is 5.97. The number of hydroxylamine groups is 1. The molecule has 5 nitrogen and oxygen atoms in total. The van der Waals surface area contributed by atoms with Crippen molar-refractivity contribution < 1.29 is 10.0 Å². The maximum Gasteiger partial charge on any atom is 0.274 e. The van der Waals surface area contributed by atoms with Crippen LogP contribution in [0.1, 0.15) is 21.5 Å². The number of aromatic nitrogens is 2. The molecule has 3 N–H and O–H groups in total. The van der Waals surface area contributed by atoms with Gasteiger partial charge in [0.15, 0.2) is 0 Å². The number of imidazole rings is 1. The lowest BCUT2D eigenvalue weighted by atomic mass is 10.1. The zero-order valence-electron chi connectivity index (χ0n) is 11.8. The molecule has 1 heterocycles. The summed E-state index contributed by atoms with van der Waals surface area (Å²) in [4.78, 5) is 19.2. The van der Waals surface area contributed by atoms with Gasteiger partial charge >= 0.3 is 0 Å². The van der Waals surface area contributed by atoms with Crippen LogP contribution in [-0.2, 0) is 0 Å². The number of fused-ring (bicyclic) bond motifs is 1. The number of hydrogen-bond acceptors (Lipinski definition) is 3. The van der Waals surface area contributed by atoms with E-state index in [-0.39, 0.29) is 0 Å². The number of H-pyrrole nitrogens is 1. The molecule has 21 heavy (non-hydrogen) atoms. The Labute approximate surface area is 121 Å². The molecule has 3 rings (SSSR count). The zero-order chi connectivity index (χ0) is 15.0. The summed E-state index contributed by atoms with van der Waals surface area (Å²) >= 11 is 0. The first-order valence-corrected chi connectivity index (χ1v) is 6.60. The van der Waals surface area contributed by atoms with Crippen molar-refractivity contribution in [3.8, 4) is 11.4 Å². The Hall–Kier alpha value is -2.66. The number of amides is 1. The molecule has 3 aromatic rings. The lowest BCUT2D eigenvalue weighted by Crippen LogP contribution is -2.18. The smallest absolute Gasteiger partial charge is 0.274 e. The molecule has 0 unspecified atom stereocenters. The molecule has 1 amide bonds. The van der Waals surface area contributed by atoms with E-state index < -0.39 is 5.91 Å². The van der Waals surface area contributed by atoms with Crippen molar-refractivity contribution >= 4 is 16.9 Å². The normalized spacial score (nSPS) is 10.8. The van der Waals surface area contributed by atoms with Gasteiger partial charge in [0.2, 0.25) is 0 Å². The Kier molecular flexibility index (Phi) is 3.19. The highest BCUT2D eigenvalue weighted by Gasteiger charge is 2.10. The molecule has 0 atom stereocenters. The molecule has 0 aliphatic carbocycles. The van der Waals surface area contributed by atoms with Gasteiger partial charge in [-0.2, -0.15) is 0 Å². The summed E-state index contributed by atoms with van der Waals surface area (Å²) in [6.07, 6.45) is 0. The van der Waals surface area contributed by atoms with Gasteiger partial charge in [-0.3, -0.25) is 10.0 Å². The monoisotopic (exact) mass is 281 g/mol. The molecule has 0 saturated carbocycles. The lowest BCUT2D eigenvalue weighted by Gasteiger charge is -2.03. The van der Waals surface area contributed by atoms with Gasteiger partial charge in [-0.15, -0.1) is 0 Å². The zero-order valence-corrected chi connectivity index (χ0v) is 11.8. The van der Waals surface area contributed by atoms with Gasteiger partial charge in [0.1, 0.15) is 5.82 Å². The number of carbonyl (C=O) groups excluding carboxylic acids is 1. The number of aromatic amines is 1. The van der Waals surface area contributed by atoms with Crippen LogP contribution in [0.4, 0.5) is 0 Å². The van der Waals surface area contributed by atoms with E-state index in [9.17, 15) is 4.79 Å². The summed E-state index contributed by atoms with van der Waals surface area (Å²) in [5.41, 5.74) is 6.88. The molecule has 0 spiro atoms. The van der Waals surface area contributed by atoms with E-state index >= 15 is 0 Å². The molecule has 0 aliphatic heterocycles. The number of nitrogens with zero attached hydrogens (tertiary/aromatic N) is 1. The molecular formula is C16H15N3O2. The van der Waals surface area contributed by atoms with E-state index in [2.05, 4.69) is 28.2 Å². The van der Waals surface area contributed by atoms with Gasteiger partial charge in [-0.1, -0.05) is 17.7 Å². The Balaban J connectivity index is 2.13. The summed E-state index contributed by atoms with van der Waals surface area (Å²) in [6.45, 7) is 4.07. The summed E-state index contributed by atoms with van der Waals surface area (Å²) in [5.74, 6) is 0.229. The first-order chi connectivity index (χ1) is 10.1. The van der Waals surface area contributed by atoms with E-state index in [4.69, 9.17) is 5.21 Å². The molecule has 5 heteroatoms. The van der Waals surface area contributed by atoms with Crippen molar-refractivity contribution in [2.45, 2.75) is 13.8 Å². The van der Waals surface area contributed by atoms with Gasteiger partial charge in [0.05, 0.1) is 11.0 Å². The average Bonchev–Trinajstić information content (AvgIpc) is 2.91. The fraction of sp³-hybridized carbons (Fsp3) is 0.125. The van der Waals surface area contributed by atoms with Crippen molar-refractivity contribution in [1.82, 2.24) is 15.4 Å². The molecule has 0 saturated heterocycles. The minimum absolute atomic E-state index is 0.376. The molecule has 1 aromatic heterocycles. The number of aryl methyl sites for hydroxylation is 2. The third-order valence-corrected chi connectivity index (χ3v) is 3.49. The highest BCUT2D eigenvalue weighted by Crippen LogP contribution is 2.25. The Bertz CT molecular complexity index is 837. The van der Waals surface area contributed by atoms with Crippen molar-refractivity contribution in [2.24, 2.45) is 0 Å². The lowest BCUT2D eigenvalue weighted by molar-refractivity contribution is 0.0706. The van der Waals surface area contributed by atoms with Crippen LogP contribution in [0.15, 0.2) is 36.4 Å². The summed E-state index contributed by atoms with van der Waals surface area (Å²) in [7, 11) is 0. The number of nitrogens with one attached hydrogen (secondary N) is 2. The number of benzene rings is 2. The van der Waals surface area contributed by atoms with Gasteiger partial charge in [0.25, 0.3) is 5.91 Å². The largest absolute Gasteiger partial charge is 0.338 e. The molecule has 0 aliphatic rings. The Morgan fingerprint density at radius 1 is 1.19 bits per heavy atom. The second kappa shape index (κ2) is 5.03. The third kappa shape index (κ3) is 2.39. The van der Waals surface area contributed by atoms with Crippen LogP contribution in [0.3, 0.4) is 0 Å². The van der Waals surface area contributed by atoms with Crippen LogP contribution in [0.25, 0.3) is 22.4 Å². The standard InChI is InChI=1S/C16H15N3O2/c1-9-3-4-10(2)12(7-9)15-17-13-6-5-11(16(20)19-21)8-14(13)18-15/h3-8,21H,1-2H3,(H,17,18)(H,19,20). The molecule has 0 fully saturated rings. The fourth-order valence-corrected chi connectivity index (χ4v) is 2.33. The SMILES string of the molecule is Cc1ccc(C)c(-c2nc3ccc(C(=O)NO)cc3[nH]2)c1. The first kappa shape index (κ1) is 13.3. The van der Waals surface area contributed by atoms with E-state index in [1.165, 1.54) is 0 Å². The molecule has 106 valence electrons. The predicted molar refractivity (Wildman–Crippen MR) is 80.3 cm³/mol. The molecular weight excluding hydrogens is 266 g/mol. The van der Waals surface area contributed by atoms with Crippen molar-refractivity contribution in [1.29, 1.82) is 0 Å². The van der Waals surface area contributed by atoms with Gasteiger partial charge in [-0.05, 0) is 43.7 Å². The van der Waals surface area contributed by atoms with Crippen LogP contribution in [-0.4, -0.2) is 21.1 Å². The van der Waals surface area contributed by atoms with E-state index in [0.717, 1.165) is 33.5 Å². The molecule has 2 aromatic carbocycles. The highest BCUT2D eigenvalue weighted by atomic mass is 16.5. The average molecular weight is 281 g/mol. The molecule has 0 bridgehead atoms. The fourth-order valence-electron chi connectivity index (χ4n) is 2.33. The minimum Gasteiger partial charge on any atom is -0.338 e. The first-order valence-electron chi connectivity index (χ1n) is 6.60. The topological polar surface area (TPSA) is 78.0 Å². The summed E-state index contributed by atoms with van der Waals surface area (Å²) < 4.78 is 0. The van der Waals surface area contributed by atoms with Gasteiger partial charge in [0, 0.05) is 11.1 Å². The van der Waals surface area contributed by atoms with Crippen molar-refractivity contribution in [3.63, 3.8) is 0 Å². The van der Waals surface area contributed by atoms with Crippen LogP contribution >= 0.6 is 0 Å². The van der Waals surface area contributed by atoms with Crippen LogP contribution in [0.5, 0.6) is 0 Å². The van der Waals surface area contributed by atoms with Crippen molar-refractivity contribution in [2.75, 3.05) is 0 Å². The summed E-state index contributed by atoms with van der Waals surface area (Å²) in [5, 5.41) is 8.69. The molecule has 0 radical (unpaired) electrons. The van der Waals surface area contributed by atoms with Crippen LogP contribution in [0, 0.1) is 13.8 Å². The van der Waals surface area contributed by atoms with E-state index in [1.54, 1.807) is 23.7 Å². The van der Waals surface area contributed by atoms with Gasteiger partial charge < -0.3 is 4.98 Å². The van der Waals surface area contributed by atoms with Gasteiger partial charge in [-0.25, -0.2) is 10.5 Å². The maximum absolute atomic E-state index is 11.4. The quantitative estimate of drug-likeness (QED) is 0.499. The Morgan fingerprint density at radius 2 is 2.00 bits per heavy atom. The second-order valence-corrected chi connectivity index (χ2v) is 5.08. The van der Waals surface area contributed by atoms with Crippen LogP contribution in [0.2, 0.25) is 0 Å². The minimum atomic E-state index is -0.542. The number of rotatable bonds is 2. The summed E-state index contributed by atoms with van der Waals surface area (Å²) in [6, 6.07) is 11.2. The van der Waals surface area contributed by atoms with Crippen LogP contribution < -0.4 is 5.48 Å². The Morgan fingerprint density at radius 3 is 2.76 bits per heavy atom. The number of hydrogen-bond donors (Lipinski definition) is 3. The third-order valence-electron chi connectivity index (χ3n) is 3.49. The predicted octanol–water partition coefficient (Wildman–Crippen LogP) is 2.97. The van der Waals surface area contributed by atoms with E-state index in [0.29, 0.717) is 5.56 Å². The van der Waals surface area contributed by atoms with E-state index in [1.807, 2.05) is 13.8 Å². The number of carbonyl (C=O) groups is 1.